The molecule has 3 N–H and O–H groups in total. The predicted molar refractivity (Wildman–Crippen MR) is 54.7 cm³/mol. The molecule has 0 aromatic rings. The van der Waals surface area contributed by atoms with Crippen LogP contribution in [-0.4, -0.2) is 32.8 Å². The first-order valence-electron chi connectivity index (χ1n) is 5.33. The van der Waals surface area contributed by atoms with E-state index in [0.29, 0.717) is 6.04 Å². The molecule has 1 heterocycles. The molecule has 0 spiro atoms. The molecule has 78 valence electrons. The van der Waals surface area contributed by atoms with Crippen molar-refractivity contribution in [2.45, 2.75) is 31.7 Å². The summed E-state index contributed by atoms with van der Waals surface area (Å²) in [4.78, 5) is 0. The maximum Gasteiger partial charge on any atom is 0.0469 e. The summed E-state index contributed by atoms with van der Waals surface area (Å²) < 4.78 is 5.35. The average molecular weight is 186 g/mol. The van der Waals surface area contributed by atoms with E-state index in [9.17, 15) is 0 Å². The van der Waals surface area contributed by atoms with Gasteiger partial charge in [-0.2, -0.15) is 0 Å². The Hall–Kier alpha value is -0.120. The molecule has 0 bridgehead atoms. The zero-order valence-corrected chi connectivity index (χ0v) is 8.59. The molecule has 0 saturated carbocycles. The highest BCUT2D eigenvalue weighted by Gasteiger charge is 2.21. The van der Waals surface area contributed by atoms with Gasteiger partial charge in [0.05, 0.1) is 0 Å². The van der Waals surface area contributed by atoms with E-state index in [0.717, 1.165) is 32.1 Å². The summed E-state index contributed by atoms with van der Waals surface area (Å²) in [6.45, 7) is 2.68. The molecule has 3 heteroatoms. The lowest BCUT2D eigenvalue weighted by molar-refractivity contribution is 0.0534. The van der Waals surface area contributed by atoms with E-state index in [2.05, 4.69) is 12.4 Å². The number of rotatable bonds is 5. The molecule has 0 aliphatic carbocycles. The molecule has 3 nitrogen and oxygen atoms in total. The second kappa shape index (κ2) is 6.35. The van der Waals surface area contributed by atoms with Gasteiger partial charge in [0, 0.05) is 19.3 Å². The van der Waals surface area contributed by atoms with Crippen molar-refractivity contribution in [3.8, 4) is 0 Å². The Morgan fingerprint density at radius 3 is 2.69 bits per heavy atom. The van der Waals surface area contributed by atoms with Gasteiger partial charge in [-0.05, 0) is 45.2 Å². The molecule has 13 heavy (non-hydrogen) atoms. The van der Waals surface area contributed by atoms with Gasteiger partial charge in [0.25, 0.3) is 0 Å². The van der Waals surface area contributed by atoms with Gasteiger partial charge in [-0.25, -0.2) is 0 Å². The van der Waals surface area contributed by atoms with Crippen LogP contribution in [0.4, 0.5) is 0 Å². The van der Waals surface area contributed by atoms with E-state index in [1.807, 2.05) is 0 Å². The summed E-state index contributed by atoms with van der Waals surface area (Å²) in [5.74, 6) is 0.797. The van der Waals surface area contributed by atoms with Crippen LogP contribution < -0.4 is 11.1 Å². The van der Waals surface area contributed by atoms with Crippen molar-refractivity contribution >= 4 is 0 Å². The topological polar surface area (TPSA) is 47.3 Å². The summed E-state index contributed by atoms with van der Waals surface area (Å²) >= 11 is 0. The molecule has 0 radical (unpaired) electrons. The summed E-state index contributed by atoms with van der Waals surface area (Å²) in [6, 6.07) is 0.646. The van der Waals surface area contributed by atoms with E-state index < -0.39 is 0 Å². The molecule has 1 fully saturated rings. The lowest BCUT2D eigenvalue weighted by Gasteiger charge is -2.30. The Balaban J connectivity index is 2.26. The van der Waals surface area contributed by atoms with E-state index in [1.54, 1.807) is 0 Å². The second-order valence-corrected chi connectivity index (χ2v) is 3.78. The Morgan fingerprint density at radius 2 is 2.15 bits per heavy atom. The lowest BCUT2D eigenvalue weighted by atomic mass is 9.89. The number of hydrogen-bond acceptors (Lipinski definition) is 3. The van der Waals surface area contributed by atoms with Gasteiger partial charge in [-0.15, -0.1) is 0 Å². The fourth-order valence-corrected chi connectivity index (χ4v) is 2.07. The third-order valence-corrected chi connectivity index (χ3v) is 2.93. The second-order valence-electron chi connectivity index (χ2n) is 3.78. The Bertz CT molecular complexity index is 124. The SMILES string of the molecule is CNC(CCCN)C1CCOCC1. The van der Waals surface area contributed by atoms with Gasteiger partial charge < -0.3 is 15.8 Å². The molecule has 0 amide bonds. The van der Waals surface area contributed by atoms with Gasteiger partial charge >= 0.3 is 0 Å². The summed E-state index contributed by atoms with van der Waals surface area (Å²) in [5, 5.41) is 3.40. The summed E-state index contributed by atoms with van der Waals surface area (Å²) in [7, 11) is 2.05. The number of hydrogen-bond donors (Lipinski definition) is 2. The molecule has 1 aliphatic heterocycles. The highest BCUT2D eigenvalue weighted by molar-refractivity contribution is 4.77. The third-order valence-electron chi connectivity index (χ3n) is 2.93. The predicted octanol–water partition coefficient (Wildman–Crippen LogP) is 0.740. The van der Waals surface area contributed by atoms with Crippen LogP contribution in [-0.2, 0) is 4.74 Å². The number of nitrogens with one attached hydrogen (secondary N) is 1. The molecular weight excluding hydrogens is 164 g/mol. The monoisotopic (exact) mass is 186 g/mol. The summed E-state index contributed by atoms with van der Waals surface area (Å²) in [5.41, 5.74) is 5.51. The standard InChI is InChI=1S/C10H22N2O/c1-12-10(3-2-6-11)9-4-7-13-8-5-9/h9-10,12H,2-8,11H2,1H3. The highest BCUT2D eigenvalue weighted by Crippen LogP contribution is 2.21. The van der Waals surface area contributed by atoms with Crippen molar-refractivity contribution in [2.75, 3.05) is 26.8 Å². The smallest absolute Gasteiger partial charge is 0.0469 e. The Kier molecular flexibility index (Phi) is 5.35. The van der Waals surface area contributed by atoms with Gasteiger partial charge in [0.1, 0.15) is 0 Å². The van der Waals surface area contributed by atoms with Crippen molar-refractivity contribution in [3.05, 3.63) is 0 Å². The molecule has 0 aromatic heterocycles. The third kappa shape index (κ3) is 3.63. The largest absolute Gasteiger partial charge is 0.381 e. The zero-order chi connectivity index (χ0) is 9.52. The maximum absolute atomic E-state index is 5.51. The van der Waals surface area contributed by atoms with Crippen LogP contribution in [0.2, 0.25) is 0 Å². The minimum atomic E-state index is 0.646. The van der Waals surface area contributed by atoms with Gasteiger partial charge in [-0.1, -0.05) is 0 Å². The number of nitrogens with two attached hydrogens (primary N) is 1. The minimum absolute atomic E-state index is 0.646. The zero-order valence-electron chi connectivity index (χ0n) is 8.59. The van der Waals surface area contributed by atoms with Gasteiger partial charge in [0.2, 0.25) is 0 Å². The van der Waals surface area contributed by atoms with Crippen LogP contribution in [0.5, 0.6) is 0 Å². The van der Waals surface area contributed by atoms with Crippen molar-refractivity contribution in [1.82, 2.24) is 5.32 Å². The van der Waals surface area contributed by atoms with Gasteiger partial charge in [0.15, 0.2) is 0 Å². The molecule has 1 aliphatic rings. The van der Waals surface area contributed by atoms with E-state index in [1.165, 1.54) is 19.3 Å². The molecule has 1 rings (SSSR count). The van der Waals surface area contributed by atoms with Crippen LogP contribution in [0.1, 0.15) is 25.7 Å². The molecule has 1 atom stereocenters. The Morgan fingerprint density at radius 1 is 1.46 bits per heavy atom. The molecule has 1 unspecified atom stereocenters. The minimum Gasteiger partial charge on any atom is -0.381 e. The van der Waals surface area contributed by atoms with E-state index >= 15 is 0 Å². The molecule has 1 saturated heterocycles. The quantitative estimate of drug-likeness (QED) is 0.666. The molecular formula is C10H22N2O. The van der Waals surface area contributed by atoms with Crippen molar-refractivity contribution < 1.29 is 4.74 Å². The van der Waals surface area contributed by atoms with Crippen LogP contribution >= 0.6 is 0 Å². The van der Waals surface area contributed by atoms with Crippen LogP contribution in [0.15, 0.2) is 0 Å². The first-order valence-corrected chi connectivity index (χ1v) is 5.33. The fourth-order valence-electron chi connectivity index (χ4n) is 2.07. The van der Waals surface area contributed by atoms with E-state index in [-0.39, 0.29) is 0 Å². The van der Waals surface area contributed by atoms with Crippen molar-refractivity contribution in [3.63, 3.8) is 0 Å². The van der Waals surface area contributed by atoms with Gasteiger partial charge in [-0.3, -0.25) is 0 Å². The normalized spacial score (nSPS) is 21.7. The highest BCUT2D eigenvalue weighted by atomic mass is 16.5. The average Bonchev–Trinajstić information content (AvgIpc) is 2.21. The van der Waals surface area contributed by atoms with Crippen LogP contribution in [0.3, 0.4) is 0 Å². The first kappa shape index (κ1) is 11.0. The maximum atomic E-state index is 5.51. The lowest BCUT2D eigenvalue weighted by Crippen LogP contribution is -2.37. The van der Waals surface area contributed by atoms with Crippen molar-refractivity contribution in [2.24, 2.45) is 11.7 Å². The van der Waals surface area contributed by atoms with E-state index in [4.69, 9.17) is 10.5 Å². The fraction of sp³-hybridized carbons (Fsp3) is 1.00. The Labute approximate surface area is 81.0 Å². The molecule has 0 aromatic carbocycles. The number of ether oxygens (including phenoxy) is 1. The van der Waals surface area contributed by atoms with Crippen LogP contribution in [0.25, 0.3) is 0 Å². The summed E-state index contributed by atoms with van der Waals surface area (Å²) in [6.07, 6.45) is 4.74. The van der Waals surface area contributed by atoms with Crippen LogP contribution in [0, 0.1) is 5.92 Å². The van der Waals surface area contributed by atoms with Crippen molar-refractivity contribution in [1.29, 1.82) is 0 Å². The first-order chi connectivity index (χ1) is 6.38.